The number of hydrogen-bond acceptors (Lipinski definition) is 5. The number of carbonyl (C=O) groups is 2. The van der Waals surface area contributed by atoms with Gasteiger partial charge in [0.2, 0.25) is 0 Å². The van der Waals surface area contributed by atoms with Gasteiger partial charge in [-0.25, -0.2) is 4.79 Å². The second-order valence-corrected chi connectivity index (χ2v) is 6.92. The molecule has 0 aliphatic heterocycles. The van der Waals surface area contributed by atoms with E-state index in [9.17, 15) is 9.59 Å². The summed E-state index contributed by atoms with van der Waals surface area (Å²) in [6.45, 7) is 7.27. The van der Waals surface area contributed by atoms with Gasteiger partial charge in [-0.1, -0.05) is 44.2 Å². The highest BCUT2D eigenvalue weighted by molar-refractivity contribution is 5.76. The van der Waals surface area contributed by atoms with Crippen LogP contribution in [0.25, 0.3) is 0 Å². The molecule has 0 aliphatic carbocycles. The van der Waals surface area contributed by atoms with Gasteiger partial charge >= 0.3 is 12.1 Å². The van der Waals surface area contributed by atoms with E-state index in [1.807, 2.05) is 44.2 Å². The van der Waals surface area contributed by atoms with Crippen LogP contribution in [0.3, 0.4) is 0 Å². The third-order valence-electron chi connectivity index (χ3n) is 3.58. The lowest BCUT2D eigenvalue weighted by Gasteiger charge is -2.36. The molecular formula is C17H26N2O4. The minimum absolute atomic E-state index is 0.171. The number of carbonyl (C=O) groups excluding carboxylic acids is 2. The van der Waals surface area contributed by atoms with Crippen molar-refractivity contribution in [1.29, 1.82) is 0 Å². The Morgan fingerprint density at radius 1 is 1.13 bits per heavy atom. The second-order valence-electron chi connectivity index (χ2n) is 6.92. The maximum absolute atomic E-state index is 12.2. The average molecular weight is 322 g/mol. The van der Waals surface area contributed by atoms with Gasteiger partial charge in [-0.3, -0.25) is 4.79 Å². The molecule has 0 radical (unpaired) electrons. The van der Waals surface area contributed by atoms with Crippen LogP contribution in [-0.2, 0) is 20.9 Å². The monoisotopic (exact) mass is 322 g/mol. The fourth-order valence-corrected chi connectivity index (χ4v) is 2.65. The van der Waals surface area contributed by atoms with Gasteiger partial charge in [0, 0.05) is 0 Å². The molecular weight excluding hydrogens is 296 g/mol. The topological polar surface area (TPSA) is 105 Å². The van der Waals surface area contributed by atoms with Gasteiger partial charge in [-0.2, -0.15) is 0 Å². The first-order valence-electron chi connectivity index (χ1n) is 7.48. The highest BCUT2D eigenvalue weighted by Gasteiger charge is 2.39. The van der Waals surface area contributed by atoms with E-state index in [1.165, 1.54) is 0 Å². The van der Waals surface area contributed by atoms with Crippen molar-refractivity contribution >= 4 is 12.1 Å². The quantitative estimate of drug-likeness (QED) is 0.750. The summed E-state index contributed by atoms with van der Waals surface area (Å²) in [7, 11) is 0. The maximum atomic E-state index is 12.2. The van der Waals surface area contributed by atoms with Crippen molar-refractivity contribution in [1.82, 2.24) is 0 Å². The number of esters is 1. The summed E-state index contributed by atoms with van der Waals surface area (Å²) in [6, 6.07) is 8.53. The number of ether oxygens (including phenoxy) is 2. The molecule has 128 valence electrons. The largest absolute Gasteiger partial charge is 0.460 e. The third kappa shape index (κ3) is 6.28. The van der Waals surface area contributed by atoms with Gasteiger partial charge in [0.25, 0.3) is 0 Å². The highest BCUT2D eigenvalue weighted by atomic mass is 16.6. The predicted octanol–water partition coefficient (Wildman–Crippen LogP) is 2.35. The Bertz CT molecular complexity index is 541. The molecule has 1 unspecified atom stereocenters. The molecule has 0 saturated carbocycles. The predicted molar refractivity (Wildman–Crippen MR) is 87.4 cm³/mol. The molecule has 6 nitrogen and oxygen atoms in total. The fourth-order valence-electron chi connectivity index (χ4n) is 2.65. The summed E-state index contributed by atoms with van der Waals surface area (Å²) in [5.74, 6) is -0.492. The van der Waals surface area contributed by atoms with Crippen LogP contribution in [0.1, 0.15) is 39.7 Å². The van der Waals surface area contributed by atoms with Gasteiger partial charge in [-0.15, -0.1) is 0 Å². The number of nitrogens with two attached hydrogens (primary N) is 2. The molecule has 4 N–H and O–H groups in total. The minimum atomic E-state index is -0.856. The lowest BCUT2D eigenvalue weighted by Crippen LogP contribution is -2.49. The van der Waals surface area contributed by atoms with E-state index in [2.05, 4.69) is 0 Å². The normalized spacial score (nSPS) is 13.3. The van der Waals surface area contributed by atoms with Gasteiger partial charge in [0.05, 0.1) is 0 Å². The highest BCUT2D eigenvalue weighted by Crippen LogP contribution is 2.33. The van der Waals surface area contributed by atoms with Crippen LogP contribution in [0, 0.1) is 5.41 Å². The van der Waals surface area contributed by atoms with Crippen molar-refractivity contribution < 1.29 is 19.1 Å². The number of benzene rings is 1. The van der Waals surface area contributed by atoms with Crippen molar-refractivity contribution in [3.05, 3.63) is 35.9 Å². The molecule has 0 spiro atoms. The second kappa shape index (κ2) is 7.46. The van der Waals surface area contributed by atoms with Crippen molar-refractivity contribution in [2.24, 2.45) is 16.9 Å². The van der Waals surface area contributed by atoms with Crippen LogP contribution in [0.4, 0.5) is 4.79 Å². The van der Waals surface area contributed by atoms with Gasteiger partial charge in [0.15, 0.2) is 0 Å². The van der Waals surface area contributed by atoms with E-state index in [0.717, 1.165) is 5.56 Å². The van der Waals surface area contributed by atoms with Crippen molar-refractivity contribution in [3.8, 4) is 0 Å². The lowest BCUT2D eigenvalue weighted by atomic mass is 9.76. The number of rotatable bonds is 7. The Balaban J connectivity index is 2.64. The van der Waals surface area contributed by atoms with E-state index in [-0.39, 0.29) is 6.61 Å². The van der Waals surface area contributed by atoms with E-state index < -0.39 is 29.1 Å². The molecule has 23 heavy (non-hydrogen) atoms. The Morgan fingerprint density at radius 2 is 1.70 bits per heavy atom. The van der Waals surface area contributed by atoms with Crippen LogP contribution in [0.15, 0.2) is 30.3 Å². The standard InChI is InChI=1S/C17H26N2O4/c1-16(2,11-17(3,4)23-15(19)21)13(18)14(20)22-10-12-8-6-5-7-9-12/h5-9,13H,10-11,18H2,1-4H3,(H2,19,21). The Hall–Kier alpha value is -2.08. The molecule has 6 heteroatoms. The molecule has 1 amide bonds. The molecule has 0 fully saturated rings. The van der Waals surface area contributed by atoms with Crippen molar-refractivity contribution in [2.45, 2.75) is 52.4 Å². The first kappa shape index (κ1) is 19.0. The first-order chi connectivity index (χ1) is 10.5. The van der Waals surface area contributed by atoms with Crippen LogP contribution in [0.2, 0.25) is 0 Å². The summed E-state index contributed by atoms with van der Waals surface area (Å²) < 4.78 is 10.3. The zero-order valence-electron chi connectivity index (χ0n) is 14.2. The SMILES string of the molecule is CC(C)(CC(C)(C)C(N)C(=O)OCc1ccccc1)OC(N)=O. The zero-order chi connectivity index (χ0) is 17.7. The van der Waals surface area contributed by atoms with Crippen LogP contribution in [-0.4, -0.2) is 23.7 Å². The van der Waals surface area contributed by atoms with E-state index in [0.29, 0.717) is 6.42 Å². The molecule has 1 atom stereocenters. The van der Waals surface area contributed by atoms with E-state index >= 15 is 0 Å². The molecule has 1 rings (SSSR count). The smallest absolute Gasteiger partial charge is 0.405 e. The Morgan fingerprint density at radius 3 is 2.22 bits per heavy atom. The number of primary amides is 1. The summed E-state index contributed by atoms with van der Waals surface area (Å²) in [5.41, 5.74) is 10.5. The summed E-state index contributed by atoms with van der Waals surface area (Å²) in [4.78, 5) is 23.1. The molecule has 0 bridgehead atoms. The van der Waals surface area contributed by atoms with Gasteiger partial charge in [0.1, 0.15) is 18.2 Å². The van der Waals surface area contributed by atoms with Crippen LogP contribution >= 0.6 is 0 Å². The summed E-state index contributed by atoms with van der Waals surface area (Å²) >= 11 is 0. The molecule has 0 aromatic heterocycles. The fraction of sp³-hybridized carbons (Fsp3) is 0.529. The number of hydrogen-bond donors (Lipinski definition) is 2. The van der Waals surface area contributed by atoms with Crippen LogP contribution < -0.4 is 11.5 Å². The summed E-state index contributed by atoms with van der Waals surface area (Å²) in [5, 5.41) is 0. The maximum Gasteiger partial charge on any atom is 0.405 e. The third-order valence-corrected chi connectivity index (χ3v) is 3.58. The van der Waals surface area contributed by atoms with Gasteiger partial charge < -0.3 is 20.9 Å². The summed E-state index contributed by atoms with van der Waals surface area (Å²) in [6.07, 6.45) is -0.490. The van der Waals surface area contributed by atoms with E-state index in [4.69, 9.17) is 20.9 Å². The zero-order valence-corrected chi connectivity index (χ0v) is 14.2. The minimum Gasteiger partial charge on any atom is -0.460 e. The Labute approximate surface area is 137 Å². The lowest BCUT2D eigenvalue weighted by molar-refractivity contribution is -0.150. The van der Waals surface area contributed by atoms with Crippen molar-refractivity contribution in [3.63, 3.8) is 0 Å². The molecule has 0 heterocycles. The average Bonchev–Trinajstić information content (AvgIpc) is 2.42. The molecule has 1 aromatic rings. The molecule has 0 aliphatic rings. The number of amides is 1. The Kier molecular flexibility index (Phi) is 6.15. The first-order valence-corrected chi connectivity index (χ1v) is 7.48. The molecule has 0 saturated heterocycles. The molecule has 1 aromatic carbocycles. The van der Waals surface area contributed by atoms with E-state index in [1.54, 1.807) is 13.8 Å². The van der Waals surface area contributed by atoms with Gasteiger partial charge in [-0.05, 0) is 31.2 Å². The van der Waals surface area contributed by atoms with Crippen molar-refractivity contribution in [2.75, 3.05) is 0 Å². The van der Waals surface area contributed by atoms with Crippen LogP contribution in [0.5, 0.6) is 0 Å².